The Morgan fingerprint density at radius 3 is 2.89 bits per heavy atom. The van der Waals surface area contributed by atoms with Gasteiger partial charge in [0.05, 0.1) is 18.8 Å². The summed E-state index contributed by atoms with van der Waals surface area (Å²) < 4.78 is 5.40. The van der Waals surface area contributed by atoms with Gasteiger partial charge in [0.15, 0.2) is 0 Å². The molecule has 2 rings (SSSR count). The third-order valence-corrected chi connectivity index (χ3v) is 3.71. The van der Waals surface area contributed by atoms with Gasteiger partial charge in [0, 0.05) is 19.7 Å². The van der Waals surface area contributed by atoms with Crippen LogP contribution in [0.5, 0.6) is 0 Å². The van der Waals surface area contributed by atoms with Crippen molar-refractivity contribution in [3.63, 3.8) is 0 Å². The molecule has 0 radical (unpaired) electrons. The molecular formula is C13H21NO3S. The lowest BCUT2D eigenvalue weighted by Gasteiger charge is -2.14. The topological polar surface area (TPSA) is 61.7 Å². The van der Waals surface area contributed by atoms with Gasteiger partial charge in [-0.15, -0.1) is 0 Å². The van der Waals surface area contributed by atoms with Crippen molar-refractivity contribution in [1.29, 1.82) is 0 Å². The van der Waals surface area contributed by atoms with Gasteiger partial charge < -0.3 is 20.3 Å². The van der Waals surface area contributed by atoms with Crippen LogP contribution in [0, 0.1) is 5.92 Å². The van der Waals surface area contributed by atoms with Gasteiger partial charge in [0.1, 0.15) is 0 Å². The van der Waals surface area contributed by atoms with E-state index in [0.717, 1.165) is 18.1 Å². The zero-order valence-corrected chi connectivity index (χ0v) is 11.2. The Morgan fingerprint density at radius 1 is 1.39 bits per heavy atom. The molecule has 1 saturated carbocycles. The maximum atomic E-state index is 9.81. The number of aliphatic hydroxyl groups excluding tert-OH is 2. The summed E-state index contributed by atoms with van der Waals surface area (Å²) in [4.78, 5) is 0. The Labute approximate surface area is 112 Å². The number of ether oxygens (including phenoxy) is 1. The van der Waals surface area contributed by atoms with Gasteiger partial charge in [-0.2, -0.15) is 11.3 Å². The van der Waals surface area contributed by atoms with Crippen LogP contribution in [0.4, 0.5) is 0 Å². The molecule has 4 nitrogen and oxygen atoms in total. The van der Waals surface area contributed by atoms with E-state index in [2.05, 4.69) is 5.32 Å². The van der Waals surface area contributed by atoms with E-state index in [1.807, 2.05) is 16.8 Å². The number of hydrogen-bond acceptors (Lipinski definition) is 5. The molecule has 3 N–H and O–H groups in total. The molecule has 1 aliphatic carbocycles. The van der Waals surface area contributed by atoms with Crippen LogP contribution in [-0.4, -0.2) is 42.6 Å². The SMILES string of the molecule is OC(CNCC(O)c1ccsc1)COCC1CC1. The van der Waals surface area contributed by atoms with Gasteiger partial charge in [0.25, 0.3) is 0 Å². The van der Waals surface area contributed by atoms with E-state index in [1.165, 1.54) is 12.8 Å². The predicted octanol–water partition coefficient (Wildman–Crippen LogP) is 1.16. The minimum absolute atomic E-state index is 0.373. The molecule has 2 unspecified atom stereocenters. The second-order valence-electron chi connectivity index (χ2n) is 4.87. The van der Waals surface area contributed by atoms with Crippen LogP contribution >= 0.6 is 11.3 Å². The van der Waals surface area contributed by atoms with Gasteiger partial charge in [-0.1, -0.05) is 0 Å². The summed E-state index contributed by atoms with van der Waals surface area (Å²) in [5.41, 5.74) is 0.923. The van der Waals surface area contributed by atoms with E-state index < -0.39 is 12.2 Å². The summed E-state index contributed by atoms with van der Waals surface area (Å²) in [6.45, 7) is 2.05. The molecule has 5 heteroatoms. The van der Waals surface area contributed by atoms with E-state index >= 15 is 0 Å². The standard InChI is InChI=1S/C13H21NO3S/c15-12(8-17-7-10-1-2-10)5-14-6-13(16)11-3-4-18-9-11/h3-4,9-10,12-16H,1-2,5-8H2. The maximum absolute atomic E-state index is 9.81. The lowest BCUT2D eigenvalue weighted by Crippen LogP contribution is -2.33. The maximum Gasteiger partial charge on any atom is 0.0922 e. The molecular weight excluding hydrogens is 250 g/mol. The van der Waals surface area contributed by atoms with Crippen molar-refractivity contribution in [2.45, 2.75) is 25.0 Å². The van der Waals surface area contributed by atoms with E-state index in [1.54, 1.807) is 11.3 Å². The van der Waals surface area contributed by atoms with Crippen molar-refractivity contribution in [2.75, 3.05) is 26.3 Å². The first-order valence-electron chi connectivity index (χ1n) is 6.42. The summed E-state index contributed by atoms with van der Waals surface area (Å²) in [7, 11) is 0. The third-order valence-electron chi connectivity index (χ3n) is 3.01. The van der Waals surface area contributed by atoms with Gasteiger partial charge >= 0.3 is 0 Å². The van der Waals surface area contributed by atoms with E-state index in [4.69, 9.17) is 4.74 Å². The molecule has 102 valence electrons. The summed E-state index contributed by atoms with van der Waals surface area (Å²) in [6.07, 6.45) is 1.52. The van der Waals surface area contributed by atoms with E-state index in [9.17, 15) is 10.2 Å². The smallest absolute Gasteiger partial charge is 0.0922 e. The first-order chi connectivity index (χ1) is 8.75. The van der Waals surface area contributed by atoms with Crippen LogP contribution in [0.25, 0.3) is 0 Å². The summed E-state index contributed by atoms with van der Waals surface area (Å²) in [5, 5.41) is 26.4. The van der Waals surface area contributed by atoms with Gasteiger partial charge in [-0.3, -0.25) is 0 Å². The van der Waals surface area contributed by atoms with Gasteiger partial charge in [0.2, 0.25) is 0 Å². The third kappa shape index (κ3) is 5.04. The molecule has 2 atom stereocenters. The molecule has 0 spiro atoms. The van der Waals surface area contributed by atoms with Crippen LogP contribution in [0.15, 0.2) is 16.8 Å². The highest BCUT2D eigenvalue weighted by Crippen LogP contribution is 2.28. The van der Waals surface area contributed by atoms with Crippen molar-refractivity contribution >= 4 is 11.3 Å². The number of nitrogens with one attached hydrogen (secondary N) is 1. The second kappa shape index (κ2) is 7.21. The zero-order chi connectivity index (χ0) is 12.8. The molecule has 0 saturated heterocycles. The lowest BCUT2D eigenvalue weighted by atomic mass is 10.2. The van der Waals surface area contributed by atoms with Crippen LogP contribution in [0.2, 0.25) is 0 Å². The van der Waals surface area contributed by atoms with Gasteiger partial charge in [-0.05, 0) is 41.1 Å². The second-order valence-corrected chi connectivity index (χ2v) is 5.65. The Bertz CT molecular complexity index is 327. The van der Waals surface area contributed by atoms with Crippen LogP contribution in [0.3, 0.4) is 0 Å². The number of aliphatic hydroxyl groups is 2. The first kappa shape index (κ1) is 14.0. The van der Waals surface area contributed by atoms with Crippen molar-refractivity contribution in [1.82, 2.24) is 5.32 Å². The largest absolute Gasteiger partial charge is 0.389 e. The summed E-state index contributed by atoms with van der Waals surface area (Å²) in [6, 6.07) is 1.91. The Morgan fingerprint density at radius 2 is 2.22 bits per heavy atom. The minimum atomic E-state index is -0.504. The van der Waals surface area contributed by atoms with Crippen LogP contribution in [0.1, 0.15) is 24.5 Å². The highest BCUT2D eigenvalue weighted by Gasteiger charge is 2.21. The van der Waals surface area contributed by atoms with Crippen molar-refractivity contribution in [3.05, 3.63) is 22.4 Å². The molecule has 0 bridgehead atoms. The van der Waals surface area contributed by atoms with E-state index in [0.29, 0.717) is 19.7 Å². The Kier molecular flexibility index (Phi) is 5.59. The number of thiophene rings is 1. The fourth-order valence-electron chi connectivity index (χ4n) is 1.68. The average Bonchev–Trinajstić information content (AvgIpc) is 3.01. The Hall–Kier alpha value is -0.460. The predicted molar refractivity (Wildman–Crippen MR) is 71.7 cm³/mol. The normalized spacial score (nSPS) is 18.8. The lowest BCUT2D eigenvalue weighted by molar-refractivity contribution is 0.0309. The molecule has 1 heterocycles. The number of hydrogen-bond donors (Lipinski definition) is 3. The van der Waals surface area contributed by atoms with Crippen molar-refractivity contribution in [2.24, 2.45) is 5.92 Å². The highest BCUT2D eigenvalue weighted by molar-refractivity contribution is 7.07. The zero-order valence-electron chi connectivity index (χ0n) is 10.4. The number of rotatable bonds is 9. The molecule has 1 fully saturated rings. The van der Waals surface area contributed by atoms with Crippen molar-refractivity contribution in [3.8, 4) is 0 Å². The molecule has 1 aliphatic rings. The van der Waals surface area contributed by atoms with Crippen LogP contribution in [-0.2, 0) is 4.74 Å². The first-order valence-corrected chi connectivity index (χ1v) is 7.36. The quantitative estimate of drug-likeness (QED) is 0.631. The van der Waals surface area contributed by atoms with Gasteiger partial charge in [-0.25, -0.2) is 0 Å². The summed E-state index contributed by atoms with van der Waals surface area (Å²) >= 11 is 1.57. The summed E-state index contributed by atoms with van der Waals surface area (Å²) in [5.74, 6) is 0.727. The monoisotopic (exact) mass is 271 g/mol. The molecule has 0 aromatic carbocycles. The molecule has 1 aromatic rings. The Balaban J connectivity index is 1.51. The molecule has 1 aromatic heterocycles. The fourth-order valence-corrected chi connectivity index (χ4v) is 2.39. The van der Waals surface area contributed by atoms with Crippen molar-refractivity contribution < 1.29 is 14.9 Å². The highest BCUT2D eigenvalue weighted by atomic mass is 32.1. The van der Waals surface area contributed by atoms with E-state index in [-0.39, 0.29) is 0 Å². The van der Waals surface area contributed by atoms with Crippen LogP contribution < -0.4 is 5.32 Å². The fraction of sp³-hybridized carbons (Fsp3) is 0.692. The molecule has 0 amide bonds. The molecule has 18 heavy (non-hydrogen) atoms. The average molecular weight is 271 g/mol. The minimum Gasteiger partial charge on any atom is -0.389 e. The molecule has 0 aliphatic heterocycles.